The fourth-order valence-corrected chi connectivity index (χ4v) is 2.23. The summed E-state index contributed by atoms with van der Waals surface area (Å²) >= 11 is 2.05. The van der Waals surface area contributed by atoms with Crippen LogP contribution in [0.3, 0.4) is 0 Å². The largest absolute Gasteiger partial charge is 0.673 e. The molecule has 0 saturated heterocycles. The highest BCUT2D eigenvalue weighted by Gasteiger charge is 2.20. The van der Waals surface area contributed by atoms with Crippen molar-refractivity contribution in [2.45, 2.75) is 0 Å². The first-order chi connectivity index (χ1) is 9.31. The lowest BCUT2D eigenvalue weighted by molar-refractivity contribution is -0.326. The molecular formula is C13H12BF4IO. The predicted octanol–water partition coefficient (Wildman–Crippen LogP) is 1.12. The average Bonchev–Trinajstić information content (AvgIpc) is 2.38. The van der Waals surface area contributed by atoms with Gasteiger partial charge in [0.15, 0.2) is 3.57 Å². The third-order valence-electron chi connectivity index (χ3n) is 2.29. The van der Waals surface area contributed by atoms with Crippen LogP contribution >= 0.6 is 0 Å². The molecule has 0 radical (unpaired) electrons. The smallest absolute Gasteiger partial charge is 0.497 e. The lowest BCUT2D eigenvalue weighted by Crippen LogP contribution is -3.34. The van der Waals surface area contributed by atoms with Crippen LogP contribution in [-0.2, 0) is 0 Å². The first kappa shape index (κ1) is 16.8. The van der Waals surface area contributed by atoms with Gasteiger partial charge in [-0.25, -0.2) is 0 Å². The first-order valence-corrected chi connectivity index (χ1v) is 6.75. The van der Waals surface area contributed by atoms with Gasteiger partial charge >= 0.3 is 7.25 Å². The maximum Gasteiger partial charge on any atom is 0.673 e. The molecule has 0 atom stereocenters. The molecule has 2 rings (SSSR count). The van der Waals surface area contributed by atoms with Crippen LogP contribution in [0.5, 0.6) is 5.75 Å². The highest BCUT2D eigenvalue weighted by Crippen LogP contribution is 2.21. The molecule has 0 amide bonds. The number of hydrogen-bond acceptors (Lipinski definition) is 1. The molecule has 0 fully saturated rings. The monoisotopic (exact) mass is 398 g/mol. The van der Waals surface area contributed by atoms with E-state index in [9.17, 15) is 17.3 Å². The predicted molar refractivity (Wildman–Crippen MR) is 68.7 cm³/mol. The average molecular weight is 398 g/mol. The summed E-state index contributed by atoms with van der Waals surface area (Å²) in [5.41, 5.74) is 2.52. The van der Waals surface area contributed by atoms with Gasteiger partial charge in [0.25, 0.3) is 22.6 Å². The lowest BCUT2D eigenvalue weighted by atomic mass is 10.1. The quantitative estimate of drug-likeness (QED) is 0.419. The third kappa shape index (κ3) is 6.27. The van der Waals surface area contributed by atoms with Gasteiger partial charge in [-0.2, -0.15) is 0 Å². The van der Waals surface area contributed by atoms with Crippen LogP contribution in [0.4, 0.5) is 17.3 Å². The second-order valence-corrected chi connectivity index (χ2v) is 4.97. The van der Waals surface area contributed by atoms with E-state index < -0.39 is 7.25 Å². The molecule has 0 unspecified atom stereocenters. The summed E-state index contributed by atoms with van der Waals surface area (Å²) in [5.74, 6) is 0.896. The standard InChI is InChI=1S/C13H12IO.BF4/c1-15-11-8-6-10(7-9-11)12-4-2-3-5-13(12)14;2-1(3,4)5/h2-9,14H,1H3;/q+1;-1. The van der Waals surface area contributed by atoms with Crippen LogP contribution in [0.25, 0.3) is 11.1 Å². The SMILES string of the molecule is COc1ccc(-c2ccccc2[IH+])cc1.F[B-](F)(F)F. The highest BCUT2D eigenvalue weighted by atomic mass is 127. The van der Waals surface area contributed by atoms with Crippen LogP contribution in [0.15, 0.2) is 48.5 Å². The maximum absolute atomic E-state index is 9.75. The van der Waals surface area contributed by atoms with Crippen LogP contribution in [-0.4, -0.2) is 14.4 Å². The Morgan fingerprint density at radius 3 is 1.85 bits per heavy atom. The van der Waals surface area contributed by atoms with Gasteiger partial charge in [-0.1, -0.05) is 24.3 Å². The summed E-state index contributed by atoms with van der Waals surface area (Å²) in [5, 5.41) is 0. The van der Waals surface area contributed by atoms with E-state index in [1.165, 1.54) is 14.7 Å². The van der Waals surface area contributed by atoms with Crippen molar-refractivity contribution < 1.29 is 44.6 Å². The zero-order valence-electron chi connectivity index (χ0n) is 10.5. The molecular weight excluding hydrogens is 386 g/mol. The Labute approximate surface area is 128 Å². The van der Waals surface area contributed by atoms with E-state index in [4.69, 9.17) is 4.74 Å². The normalized spacial score (nSPS) is 10.5. The van der Waals surface area contributed by atoms with E-state index >= 15 is 0 Å². The molecule has 0 heterocycles. The Balaban J connectivity index is 0.000000347. The zero-order chi connectivity index (χ0) is 15.2. The number of methoxy groups -OCH3 is 1. The van der Waals surface area contributed by atoms with Crippen LogP contribution in [0, 0.1) is 3.57 Å². The molecule has 0 spiro atoms. The van der Waals surface area contributed by atoms with Crippen molar-refractivity contribution in [2.75, 3.05) is 7.11 Å². The van der Waals surface area contributed by atoms with Gasteiger partial charge < -0.3 is 22.0 Å². The molecule has 0 saturated carbocycles. The highest BCUT2D eigenvalue weighted by molar-refractivity contribution is 6.50. The molecule has 0 bridgehead atoms. The van der Waals surface area contributed by atoms with Crippen LogP contribution < -0.4 is 27.3 Å². The van der Waals surface area contributed by atoms with Gasteiger partial charge in [0.05, 0.1) is 7.11 Å². The number of benzene rings is 2. The summed E-state index contributed by atoms with van der Waals surface area (Å²) in [4.78, 5) is 0. The van der Waals surface area contributed by atoms with Gasteiger partial charge in [0, 0.05) is 5.56 Å². The topological polar surface area (TPSA) is 9.23 Å². The fourth-order valence-electron chi connectivity index (χ4n) is 1.48. The van der Waals surface area contributed by atoms with Crippen molar-refractivity contribution >= 4 is 7.25 Å². The lowest BCUT2D eigenvalue weighted by Gasteiger charge is -2.02. The molecule has 2 aromatic carbocycles. The summed E-state index contributed by atoms with van der Waals surface area (Å²) in [7, 11) is -4.32. The second kappa shape index (κ2) is 7.51. The van der Waals surface area contributed by atoms with E-state index in [2.05, 4.69) is 36.4 Å². The van der Waals surface area contributed by atoms with Crippen molar-refractivity contribution in [1.82, 2.24) is 0 Å². The van der Waals surface area contributed by atoms with E-state index in [0.717, 1.165) is 5.75 Å². The van der Waals surface area contributed by atoms with E-state index in [1.54, 1.807) is 7.11 Å². The van der Waals surface area contributed by atoms with Crippen LogP contribution in [0.1, 0.15) is 0 Å². The van der Waals surface area contributed by atoms with Crippen LogP contribution in [0.2, 0.25) is 0 Å². The molecule has 0 aliphatic heterocycles. The Morgan fingerprint density at radius 2 is 1.40 bits per heavy atom. The number of halogens is 5. The minimum atomic E-state index is -6.00. The molecule has 2 aromatic rings. The Morgan fingerprint density at radius 1 is 0.900 bits per heavy atom. The first-order valence-electron chi connectivity index (χ1n) is 5.59. The van der Waals surface area contributed by atoms with Gasteiger partial charge in [-0.15, -0.1) is 0 Å². The fraction of sp³-hybridized carbons (Fsp3) is 0.0769. The Bertz CT molecular complexity index is 537. The summed E-state index contributed by atoms with van der Waals surface area (Å²) in [6.07, 6.45) is 0. The summed E-state index contributed by atoms with van der Waals surface area (Å²) < 4.78 is 45.4. The molecule has 7 heteroatoms. The van der Waals surface area contributed by atoms with E-state index in [1.807, 2.05) is 34.7 Å². The Hall–Kier alpha value is -1.25. The third-order valence-corrected chi connectivity index (χ3v) is 3.30. The van der Waals surface area contributed by atoms with Gasteiger partial charge in [0.2, 0.25) is 0 Å². The molecule has 108 valence electrons. The van der Waals surface area contributed by atoms with Crippen molar-refractivity contribution in [3.05, 3.63) is 52.1 Å². The van der Waals surface area contributed by atoms with Crippen molar-refractivity contribution in [1.29, 1.82) is 0 Å². The molecule has 20 heavy (non-hydrogen) atoms. The molecule has 0 N–H and O–H groups in total. The number of hydrogen-bond donors (Lipinski definition) is 0. The maximum atomic E-state index is 9.75. The van der Waals surface area contributed by atoms with Gasteiger partial charge in [0.1, 0.15) is 5.75 Å². The van der Waals surface area contributed by atoms with Gasteiger partial charge in [-0.05, 0) is 29.8 Å². The number of rotatable bonds is 2. The van der Waals surface area contributed by atoms with Crippen molar-refractivity contribution in [3.8, 4) is 16.9 Å². The molecule has 0 aliphatic carbocycles. The minimum absolute atomic E-state index is 0.896. The summed E-state index contributed by atoms with van der Waals surface area (Å²) in [6, 6.07) is 16.5. The molecule has 0 aliphatic rings. The number of ether oxygens (including phenoxy) is 1. The van der Waals surface area contributed by atoms with Crippen molar-refractivity contribution in [2.24, 2.45) is 0 Å². The van der Waals surface area contributed by atoms with E-state index in [0.29, 0.717) is 0 Å². The van der Waals surface area contributed by atoms with Crippen molar-refractivity contribution in [3.63, 3.8) is 0 Å². The minimum Gasteiger partial charge on any atom is -0.497 e. The summed E-state index contributed by atoms with van der Waals surface area (Å²) in [6.45, 7) is 0. The van der Waals surface area contributed by atoms with E-state index in [-0.39, 0.29) is 0 Å². The molecule has 1 nitrogen and oxygen atoms in total. The Kier molecular flexibility index (Phi) is 6.32. The molecule has 0 aromatic heterocycles. The zero-order valence-corrected chi connectivity index (χ0v) is 12.9. The van der Waals surface area contributed by atoms with Gasteiger partial charge in [-0.3, -0.25) is 0 Å². The second-order valence-electron chi connectivity index (χ2n) is 3.72.